The molecule has 2 N–H and O–H groups in total. The predicted molar refractivity (Wildman–Crippen MR) is 53.4 cm³/mol. The molecule has 0 aliphatic rings. The molecule has 0 saturated heterocycles. The van der Waals surface area contributed by atoms with Gasteiger partial charge < -0.3 is 10.4 Å². The lowest BCUT2D eigenvalue weighted by Gasteiger charge is -2.03. The minimum absolute atomic E-state index is 0.369. The summed E-state index contributed by atoms with van der Waals surface area (Å²) >= 11 is 3.36. The molecule has 0 amide bonds. The van der Waals surface area contributed by atoms with Gasteiger partial charge in [0, 0.05) is 4.47 Å². The Balaban J connectivity index is 2.75. The first-order chi connectivity index (χ1) is 5.74. The number of rotatable bonds is 3. The highest BCUT2D eigenvalue weighted by molar-refractivity contribution is 9.10. The van der Waals surface area contributed by atoms with Gasteiger partial charge in [0.2, 0.25) is 0 Å². The van der Waals surface area contributed by atoms with Crippen molar-refractivity contribution in [1.82, 2.24) is 5.32 Å². The van der Waals surface area contributed by atoms with Gasteiger partial charge in [-0.05, 0) is 43.8 Å². The minimum atomic E-state index is 0.369. The molecule has 0 bridgehead atoms. The van der Waals surface area contributed by atoms with E-state index >= 15 is 0 Å². The molecule has 1 aromatic rings. The van der Waals surface area contributed by atoms with Crippen molar-refractivity contribution in [1.29, 1.82) is 0 Å². The number of hydrogen-bond donors (Lipinski definition) is 2. The zero-order valence-corrected chi connectivity index (χ0v) is 8.56. The number of hydrogen-bond acceptors (Lipinski definition) is 2. The summed E-state index contributed by atoms with van der Waals surface area (Å²) in [5.74, 6) is 0.369. The van der Waals surface area contributed by atoms with E-state index in [0.717, 1.165) is 23.0 Å². The van der Waals surface area contributed by atoms with Gasteiger partial charge in [-0.2, -0.15) is 0 Å². The summed E-state index contributed by atoms with van der Waals surface area (Å²) in [7, 11) is 1.90. The van der Waals surface area contributed by atoms with Gasteiger partial charge in [0.1, 0.15) is 5.75 Å². The largest absolute Gasteiger partial charge is 0.508 e. The average molecular weight is 230 g/mol. The highest BCUT2D eigenvalue weighted by Crippen LogP contribution is 2.21. The highest BCUT2D eigenvalue weighted by atomic mass is 79.9. The van der Waals surface area contributed by atoms with Crippen LogP contribution in [0.2, 0.25) is 0 Å². The molecule has 3 heteroatoms. The van der Waals surface area contributed by atoms with Gasteiger partial charge in [-0.15, -0.1) is 0 Å². The van der Waals surface area contributed by atoms with E-state index in [4.69, 9.17) is 0 Å². The smallest absolute Gasteiger partial charge is 0.118 e. The van der Waals surface area contributed by atoms with Crippen LogP contribution in [0, 0.1) is 0 Å². The van der Waals surface area contributed by atoms with Crippen LogP contribution in [0.5, 0.6) is 5.75 Å². The van der Waals surface area contributed by atoms with Crippen LogP contribution < -0.4 is 5.32 Å². The first kappa shape index (κ1) is 9.55. The van der Waals surface area contributed by atoms with Crippen LogP contribution in [-0.2, 0) is 6.42 Å². The second-order valence-electron chi connectivity index (χ2n) is 2.63. The fraction of sp³-hybridized carbons (Fsp3) is 0.333. The number of nitrogens with one attached hydrogen (secondary N) is 1. The molecular formula is C9H12BrNO. The van der Waals surface area contributed by atoms with E-state index in [-0.39, 0.29) is 0 Å². The second-order valence-corrected chi connectivity index (χ2v) is 3.54. The number of likely N-dealkylation sites (N-methyl/N-ethyl adjacent to an activating group) is 1. The van der Waals surface area contributed by atoms with Gasteiger partial charge in [-0.3, -0.25) is 0 Å². The van der Waals surface area contributed by atoms with E-state index in [2.05, 4.69) is 21.2 Å². The Hall–Kier alpha value is -0.540. The van der Waals surface area contributed by atoms with Crippen LogP contribution in [0.1, 0.15) is 5.56 Å². The second kappa shape index (κ2) is 4.48. The summed E-state index contributed by atoms with van der Waals surface area (Å²) in [5, 5.41) is 12.4. The normalized spacial score (nSPS) is 10.2. The maximum absolute atomic E-state index is 9.41. The quantitative estimate of drug-likeness (QED) is 0.831. The van der Waals surface area contributed by atoms with Gasteiger partial charge in [0.05, 0.1) is 0 Å². The Morgan fingerprint density at radius 2 is 2.25 bits per heavy atom. The van der Waals surface area contributed by atoms with E-state index in [1.54, 1.807) is 6.07 Å². The molecular weight excluding hydrogens is 218 g/mol. The molecule has 0 unspecified atom stereocenters. The molecule has 0 atom stereocenters. The number of aromatic hydroxyl groups is 1. The zero-order chi connectivity index (χ0) is 8.97. The fourth-order valence-corrected chi connectivity index (χ4v) is 1.42. The van der Waals surface area contributed by atoms with Crippen molar-refractivity contribution in [2.45, 2.75) is 6.42 Å². The van der Waals surface area contributed by atoms with Crippen LogP contribution in [0.4, 0.5) is 0 Å². The molecule has 0 aromatic heterocycles. The Bertz CT molecular complexity index is 263. The predicted octanol–water partition coefficient (Wildman–Crippen LogP) is 1.92. The lowest BCUT2D eigenvalue weighted by atomic mass is 10.1. The van der Waals surface area contributed by atoms with Crippen molar-refractivity contribution in [2.75, 3.05) is 13.6 Å². The molecule has 0 aliphatic carbocycles. The Morgan fingerprint density at radius 3 is 2.92 bits per heavy atom. The van der Waals surface area contributed by atoms with Gasteiger partial charge in [0.15, 0.2) is 0 Å². The van der Waals surface area contributed by atoms with Crippen LogP contribution >= 0.6 is 15.9 Å². The van der Waals surface area contributed by atoms with Gasteiger partial charge >= 0.3 is 0 Å². The number of benzene rings is 1. The summed E-state index contributed by atoms with van der Waals surface area (Å²) in [6.07, 6.45) is 0.849. The summed E-state index contributed by atoms with van der Waals surface area (Å²) in [6.45, 7) is 0.879. The van der Waals surface area contributed by atoms with E-state index in [9.17, 15) is 5.11 Å². The molecule has 2 nitrogen and oxygen atoms in total. The Labute approximate surface area is 80.7 Å². The van der Waals surface area contributed by atoms with E-state index < -0.39 is 0 Å². The van der Waals surface area contributed by atoms with Gasteiger partial charge in [-0.1, -0.05) is 15.9 Å². The van der Waals surface area contributed by atoms with E-state index in [0.29, 0.717) is 5.75 Å². The SMILES string of the molecule is CNCCc1cc(Br)ccc1O. The van der Waals surface area contributed by atoms with Gasteiger partial charge in [-0.25, -0.2) is 0 Å². The van der Waals surface area contributed by atoms with Crippen molar-refractivity contribution >= 4 is 15.9 Å². The van der Waals surface area contributed by atoms with Crippen LogP contribution in [0.25, 0.3) is 0 Å². The van der Waals surface area contributed by atoms with Crippen molar-refractivity contribution in [3.05, 3.63) is 28.2 Å². The van der Waals surface area contributed by atoms with Crippen molar-refractivity contribution in [2.24, 2.45) is 0 Å². The lowest BCUT2D eigenvalue weighted by Crippen LogP contribution is -2.10. The summed E-state index contributed by atoms with van der Waals surface area (Å²) in [4.78, 5) is 0. The van der Waals surface area contributed by atoms with E-state index in [1.165, 1.54) is 0 Å². The molecule has 1 rings (SSSR count). The van der Waals surface area contributed by atoms with Crippen molar-refractivity contribution in [3.63, 3.8) is 0 Å². The third-order valence-electron chi connectivity index (χ3n) is 1.69. The molecule has 0 spiro atoms. The zero-order valence-electron chi connectivity index (χ0n) is 6.97. The molecule has 1 aromatic carbocycles. The number of phenols is 1. The van der Waals surface area contributed by atoms with Crippen LogP contribution in [-0.4, -0.2) is 18.7 Å². The molecule has 12 heavy (non-hydrogen) atoms. The summed E-state index contributed by atoms with van der Waals surface area (Å²) in [5.41, 5.74) is 0.971. The first-order valence-electron chi connectivity index (χ1n) is 3.86. The Morgan fingerprint density at radius 1 is 1.50 bits per heavy atom. The fourth-order valence-electron chi connectivity index (χ4n) is 1.01. The van der Waals surface area contributed by atoms with Crippen LogP contribution in [0.15, 0.2) is 22.7 Å². The standard InChI is InChI=1S/C9H12BrNO/c1-11-5-4-7-6-8(10)2-3-9(7)12/h2-3,6,11-12H,4-5H2,1H3. The lowest BCUT2D eigenvalue weighted by molar-refractivity contribution is 0.467. The summed E-state index contributed by atoms with van der Waals surface area (Å²) < 4.78 is 1.01. The third kappa shape index (κ3) is 2.50. The number of halogens is 1. The first-order valence-corrected chi connectivity index (χ1v) is 4.65. The summed E-state index contributed by atoms with van der Waals surface area (Å²) in [6, 6.07) is 5.47. The van der Waals surface area contributed by atoms with Gasteiger partial charge in [0.25, 0.3) is 0 Å². The van der Waals surface area contributed by atoms with E-state index in [1.807, 2.05) is 19.2 Å². The highest BCUT2D eigenvalue weighted by Gasteiger charge is 2.00. The topological polar surface area (TPSA) is 32.3 Å². The van der Waals surface area contributed by atoms with Crippen molar-refractivity contribution in [3.8, 4) is 5.75 Å². The molecule has 0 radical (unpaired) electrons. The number of phenolic OH excluding ortho intramolecular Hbond substituents is 1. The molecule has 0 saturated carbocycles. The minimum Gasteiger partial charge on any atom is -0.508 e. The van der Waals surface area contributed by atoms with Crippen molar-refractivity contribution < 1.29 is 5.11 Å². The molecule has 66 valence electrons. The Kier molecular flexibility index (Phi) is 3.56. The molecule has 0 fully saturated rings. The third-order valence-corrected chi connectivity index (χ3v) is 2.18. The monoisotopic (exact) mass is 229 g/mol. The maximum atomic E-state index is 9.41. The average Bonchev–Trinajstić information content (AvgIpc) is 2.07. The maximum Gasteiger partial charge on any atom is 0.118 e. The molecule has 0 heterocycles. The van der Waals surface area contributed by atoms with Crippen LogP contribution in [0.3, 0.4) is 0 Å². The molecule has 0 aliphatic heterocycles.